The molecule has 3 rings (SSSR count). The van der Waals surface area contributed by atoms with Crippen LogP contribution in [0.2, 0.25) is 5.02 Å². The molecular weight excluding hydrogens is 288 g/mol. The lowest BCUT2D eigenvalue weighted by molar-refractivity contribution is 1.18. The van der Waals surface area contributed by atoms with Crippen LogP contribution in [0.5, 0.6) is 0 Å². The average Bonchev–Trinajstić information content (AvgIpc) is 2.49. The molecule has 21 heavy (non-hydrogen) atoms. The maximum atomic E-state index is 6.33. The summed E-state index contributed by atoms with van der Waals surface area (Å²) in [6, 6.07) is 5.65. The number of aromatic nitrogens is 4. The van der Waals surface area contributed by atoms with Gasteiger partial charge in [0.25, 0.3) is 0 Å². The predicted molar refractivity (Wildman–Crippen MR) is 82.3 cm³/mol. The molecule has 0 saturated heterocycles. The van der Waals surface area contributed by atoms with Crippen molar-refractivity contribution >= 4 is 23.5 Å². The van der Waals surface area contributed by atoms with Crippen molar-refractivity contribution in [3.8, 4) is 22.3 Å². The van der Waals surface area contributed by atoms with Gasteiger partial charge >= 0.3 is 0 Å². The molecule has 0 amide bonds. The van der Waals surface area contributed by atoms with Crippen LogP contribution >= 0.6 is 11.6 Å². The molecule has 3 aromatic rings. The fraction of sp³-hybridized carbons (Fsp3) is 0. The first-order valence-electron chi connectivity index (χ1n) is 6.09. The van der Waals surface area contributed by atoms with E-state index in [9.17, 15) is 0 Å². The van der Waals surface area contributed by atoms with Gasteiger partial charge in [-0.25, -0.2) is 19.9 Å². The van der Waals surface area contributed by atoms with Gasteiger partial charge in [-0.3, -0.25) is 0 Å². The summed E-state index contributed by atoms with van der Waals surface area (Å²) in [5.74, 6) is 0.464. The van der Waals surface area contributed by atoms with Crippen LogP contribution in [0.4, 0.5) is 11.9 Å². The molecule has 0 aliphatic rings. The maximum absolute atomic E-state index is 6.33. The lowest BCUT2D eigenvalue weighted by atomic mass is 10.0. The molecule has 4 N–H and O–H groups in total. The highest BCUT2D eigenvalue weighted by atomic mass is 35.5. The normalized spacial score (nSPS) is 10.5. The van der Waals surface area contributed by atoms with Gasteiger partial charge in [0.1, 0.15) is 0 Å². The van der Waals surface area contributed by atoms with Crippen molar-refractivity contribution < 1.29 is 0 Å². The van der Waals surface area contributed by atoms with Gasteiger partial charge in [-0.05, 0) is 11.6 Å². The Morgan fingerprint density at radius 2 is 1.24 bits per heavy atom. The largest absolute Gasteiger partial charge is 0.368 e. The van der Waals surface area contributed by atoms with Crippen molar-refractivity contribution in [3.05, 3.63) is 48.0 Å². The number of benzene rings is 1. The second-order valence-electron chi connectivity index (χ2n) is 4.35. The molecule has 0 bridgehead atoms. The molecule has 0 aliphatic heterocycles. The molecule has 0 aliphatic carbocycles. The molecule has 0 unspecified atom stereocenters. The summed E-state index contributed by atoms with van der Waals surface area (Å²) >= 11 is 6.33. The minimum atomic E-state index is 0.227. The minimum Gasteiger partial charge on any atom is -0.368 e. The van der Waals surface area contributed by atoms with Crippen molar-refractivity contribution in [2.45, 2.75) is 0 Å². The van der Waals surface area contributed by atoms with Crippen LogP contribution < -0.4 is 11.5 Å². The summed E-state index contributed by atoms with van der Waals surface area (Å²) in [5, 5.41) is 0.581. The summed E-state index contributed by atoms with van der Waals surface area (Å²) in [6.45, 7) is 0. The maximum Gasteiger partial charge on any atom is 0.219 e. The molecule has 0 saturated carbocycles. The first-order valence-corrected chi connectivity index (χ1v) is 6.46. The Hall–Kier alpha value is -2.73. The van der Waals surface area contributed by atoms with E-state index in [1.807, 2.05) is 18.2 Å². The standard InChI is InChI=1S/C14H11ClN6/c15-12-3-8(9-4-18-13(16)19-5-9)1-2-11(12)10-6-20-14(17)21-7-10/h1-7H,(H2,16,18,19)(H2,17,20,21). The van der Waals surface area contributed by atoms with Gasteiger partial charge in [-0.1, -0.05) is 23.7 Å². The molecule has 0 spiro atoms. The third-order valence-corrected chi connectivity index (χ3v) is 3.27. The smallest absolute Gasteiger partial charge is 0.219 e. The number of rotatable bonds is 2. The monoisotopic (exact) mass is 298 g/mol. The summed E-state index contributed by atoms with van der Waals surface area (Å²) in [4.78, 5) is 15.9. The number of nitrogen functional groups attached to an aromatic ring is 2. The summed E-state index contributed by atoms with van der Waals surface area (Å²) in [7, 11) is 0. The molecule has 0 atom stereocenters. The van der Waals surface area contributed by atoms with E-state index in [0.29, 0.717) is 5.02 Å². The Balaban J connectivity index is 1.99. The molecule has 2 aromatic heterocycles. The van der Waals surface area contributed by atoms with E-state index in [-0.39, 0.29) is 11.9 Å². The van der Waals surface area contributed by atoms with E-state index in [0.717, 1.165) is 22.3 Å². The third kappa shape index (κ3) is 2.75. The SMILES string of the molecule is Nc1ncc(-c2ccc(-c3cnc(N)nc3)c(Cl)c2)cn1. The number of hydrogen-bond donors (Lipinski definition) is 2. The number of nitrogens with two attached hydrogens (primary N) is 2. The van der Waals surface area contributed by atoms with Crippen LogP contribution in [0.25, 0.3) is 22.3 Å². The van der Waals surface area contributed by atoms with Gasteiger partial charge < -0.3 is 11.5 Å². The zero-order valence-corrected chi connectivity index (χ0v) is 11.6. The van der Waals surface area contributed by atoms with E-state index in [2.05, 4.69) is 19.9 Å². The molecule has 104 valence electrons. The van der Waals surface area contributed by atoms with Crippen LogP contribution in [0, 0.1) is 0 Å². The first kappa shape index (κ1) is 13.3. The fourth-order valence-corrected chi connectivity index (χ4v) is 2.18. The summed E-state index contributed by atoms with van der Waals surface area (Å²) in [6.07, 6.45) is 6.57. The number of anilines is 2. The number of halogens is 1. The highest BCUT2D eigenvalue weighted by Gasteiger charge is 2.07. The molecule has 0 radical (unpaired) electrons. The van der Waals surface area contributed by atoms with Crippen LogP contribution in [0.1, 0.15) is 0 Å². The van der Waals surface area contributed by atoms with Gasteiger partial charge in [0.05, 0.1) is 0 Å². The highest BCUT2D eigenvalue weighted by molar-refractivity contribution is 6.33. The highest BCUT2D eigenvalue weighted by Crippen LogP contribution is 2.31. The van der Waals surface area contributed by atoms with Crippen molar-refractivity contribution in [3.63, 3.8) is 0 Å². The van der Waals surface area contributed by atoms with Crippen molar-refractivity contribution in [1.82, 2.24) is 19.9 Å². The van der Waals surface area contributed by atoms with Crippen LogP contribution in [0.15, 0.2) is 43.0 Å². The Bertz CT molecular complexity index is 770. The minimum absolute atomic E-state index is 0.227. The topological polar surface area (TPSA) is 104 Å². The van der Waals surface area contributed by atoms with Crippen LogP contribution in [-0.4, -0.2) is 19.9 Å². The molecule has 1 aromatic carbocycles. The van der Waals surface area contributed by atoms with Crippen LogP contribution in [-0.2, 0) is 0 Å². The van der Waals surface area contributed by atoms with Crippen molar-refractivity contribution in [1.29, 1.82) is 0 Å². The Morgan fingerprint density at radius 1 is 0.714 bits per heavy atom. The van der Waals surface area contributed by atoms with Gasteiger partial charge in [0, 0.05) is 46.5 Å². The van der Waals surface area contributed by atoms with Gasteiger partial charge in [-0.2, -0.15) is 0 Å². The zero-order chi connectivity index (χ0) is 14.8. The Labute approximate surface area is 125 Å². The second kappa shape index (κ2) is 5.34. The molecule has 2 heterocycles. The predicted octanol–water partition coefficient (Wildman–Crippen LogP) is 2.42. The first-order chi connectivity index (χ1) is 10.1. The van der Waals surface area contributed by atoms with E-state index in [1.165, 1.54) is 0 Å². The van der Waals surface area contributed by atoms with E-state index in [1.54, 1.807) is 24.8 Å². The lowest BCUT2D eigenvalue weighted by Crippen LogP contribution is -1.94. The third-order valence-electron chi connectivity index (χ3n) is 2.96. The van der Waals surface area contributed by atoms with Crippen molar-refractivity contribution in [2.75, 3.05) is 11.5 Å². The number of hydrogen-bond acceptors (Lipinski definition) is 6. The van der Waals surface area contributed by atoms with Gasteiger partial charge in [0.15, 0.2) is 0 Å². The second-order valence-corrected chi connectivity index (χ2v) is 4.76. The quantitative estimate of drug-likeness (QED) is 0.753. The molecule has 7 heteroatoms. The average molecular weight is 299 g/mol. The van der Waals surface area contributed by atoms with E-state index < -0.39 is 0 Å². The lowest BCUT2D eigenvalue weighted by Gasteiger charge is -2.07. The van der Waals surface area contributed by atoms with Gasteiger partial charge in [-0.15, -0.1) is 0 Å². The number of nitrogens with zero attached hydrogens (tertiary/aromatic N) is 4. The van der Waals surface area contributed by atoms with E-state index >= 15 is 0 Å². The molecule has 6 nitrogen and oxygen atoms in total. The van der Waals surface area contributed by atoms with Crippen molar-refractivity contribution in [2.24, 2.45) is 0 Å². The summed E-state index contributed by atoms with van der Waals surface area (Å²) < 4.78 is 0. The molecular formula is C14H11ClN6. The molecule has 0 fully saturated rings. The van der Waals surface area contributed by atoms with Crippen LogP contribution in [0.3, 0.4) is 0 Å². The summed E-state index contributed by atoms with van der Waals surface area (Å²) in [5.41, 5.74) is 14.3. The van der Waals surface area contributed by atoms with Gasteiger partial charge in [0.2, 0.25) is 11.9 Å². The fourth-order valence-electron chi connectivity index (χ4n) is 1.89. The Kier molecular flexibility index (Phi) is 3.37. The zero-order valence-electron chi connectivity index (χ0n) is 10.9. The Morgan fingerprint density at radius 3 is 1.76 bits per heavy atom. The van der Waals surface area contributed by atoms with E-state index in [4.69, 9.17) is 23.1 Å².